The number of benzene rings is 5. The van der Waals surface area contributed by atoms with E-state index in [-0.39, 0.29) is 75.8 Å². The third kappa shape index (κ3) is 15.0. The fourth-order valence-corrected chi connectivity index (χ4v) is 9.88. The van der Waals surface area contributed by atoms with E-state index in [0.29, 0.717) is 47.4 Å². The number of hydrogen-bond donors (Lipinski definition) is 6. The van der Waals surface area contributed by atoms with Gasteiger partial charge in [0, 0.05) is 49.8 Å². The van der Waals surface area contributed by atoms with Gasteiger partial charge in [-0.25, -0.2) is 4.79 Å². The molecule has 0 aliphatic heterocycles. The van der Waals surface area contributed by atoms with Crippen molar-refractivity contribution in [3.8, 4) is 11.5 Å². The molecule has 0 saturated carbocycles. The third-order valence-electron chi connectivity index (χ3n) is 11.2. The van der Waals surface area contributed by atoms with Gasteiger partial charge in [0.25, 0.3) is 40.5 Å². The summed E-state index contributed by atoms with van der Waals surface area (Å²) >= 11 is 0. The van der Waals surface area contributed by atoms with Crippen molar-refractivity contribution < 1.29 is 70.9 Å². The number of amides is 2. The summed E-state index contributed by atoms with van der Waals surface area (Å²) in [6.07, 6.45) is 2.49. The fraction of sp³-hybridized carbons (Fsp3) is 0.283. The van der Waals surface area contributed by atoms with Gasteiger partial charge in [-0.05, 0) is 117 Å². The maximum atomic E-state index is 13.6. The van der Waals surface area contributed by atoms with E-state index >= 15 is 0 Å². The summed E-state index contributed by atoms with van der Waals surface area (Å²) in [6.45, 7) is 8.12. The van der Waals surface area contributed by atoms with Gasteiger partial charge < -0.3 is 29.7 Å². The highest BCUT2D eigenvalue weighted by Crippen LogP contribution is 2.38. The molecule has 2 amide bonds. The van der Waals surface area contributed by atoms with Gasteiger partial charge in [0.05, 0.1) is 64.2 Å². The molecule has 1 unspecified atom stereocenters. The third-order valence-corrected chi connectivity index (χ3v) is 14.6. The molecule has 0 bridgehead atoms. The lowest BCUT2D eigenvalue weighted by Crippen LogP contribution is -2.22. The van der Waals surface area contributed by atoms with E-state index in [0.717, 1.165) is 6.07 Å². The van der Waals surface area contributed by atoms with Gasteiger partial charge >= 0.3 is 6.03 Å². The molecule has 0 radical (unpaired) electrons. The van der Waals surface area contributed by atoms with Crippen LogP contribution in [0.2, 0.25) is 0 Å². The number of carbonyl (C=O) groups is 1. The van der Waals surface area contributed by atoms with Crippen LogP contribution in [0, 0.1) is 13.8 Å². The molecule has 5 aromatic rings. The van der Waals surface area contributed by atoms with Crippen molar-refractivity contribution in [2.24, 2.45) is 30.7 Å². The van der Waals surface area contributed by atoms with Gasteiger partial charge in [0.1, 0.15) is 33.1 Å². The monoisotopic (exact) mass is 1110 g/mol. The number of hydrogen-bond acceptors (Lipinski definition) is 19. The van der Waals surface area contributed by atoms with Crippen LogP contribution in [0.1, 0.15) is 37.8 Å². The highest BCUT2D eigenvalue weighted by Gasteiger charge is 2.24. The van der Waals surface area contributed by atoms with Crippen molar-refractivity contribution in [3.63, 3.8) is 0 Å². The van der Waals surface area contributed by atoms with Crippen LogP contribution in [0.4, 0.5) is 44.6 Å². The molecule has 0 spiro atoms. The Labute approximate surface area is 432 Å². The Kier molecular flexibility index (Phi) is 18.0. The summed E-state index contributed by atoms with van der Waals surface area (Å²) in [4.78, 5) is 13.6. The highest BCUT2D eigenvalue weighted by atomic mass is 32.2. The maximum Gasteiger partial charge on any atom is 0.323 e. The SMILES string of the molecule is CCN(CC)c1ccc(N=Nc2cc(OC)c(NC(=O)Nc3cc(C)c(N=NC4=CC=C(N=Nc5ccc6cc(S(=O)(=O)O)cc(S(=O)(=O)O)c6c5)CC4OC)cc3OCCCS(=O)(=O)O)cc2C)c(S(=O)(=O)O)c1. The highest BCUT2D eigenvalue weighted by molar-refractivity contribution is 7.87. The Morgan fingerprint density at radius 3 is 1.87 bits per heavy atom. The lowest BCUT2D eigenvalue weighted by atomic mass is 10.1. The van der Waals surface area contributed by atoms with Crippen LogP contribution in [0.15, 0.2) is 142 Å². The Balaban J connectivity index is 1.22. The quantitative estimate of drug-likeness (QED) is 0.0226. The second-order valence-corrected chi connectivity index (χ2v) is 22.2. The molecule has 75 heavy (non-hydrogen) atoms. The van der Waals surface area contributed by atoms with Crippen LogP contribution < -0.4 is 25.0 Å². The number of anilines is 3. The van der Waals surface area contributed by atoms with E-state index in [1.165, 1.54) is 62.8 Å². The smallest absolute Gasteiger partial charge is 0.323 e. The van der Waals surface area contributed by atoms with Gasteiger partial charge in [-0.3, -0.25) is 18.2 Å². The second-order valence-electron chi connectivity index (χ2n) is 16.4. The molecule has 6 rings (SSSR count). The molecular formula is C46H51N9O16S4. The van der Waals surface area contributed by atoms with Crippen molar-refractivity contribution in [2.75, 3.05) is 55.2 Å². The molecule has 6 N–H and O–H groups in total. The normalized spacial score (nSPS) is 14.6. The molecule has 1 aliphatic rings. The van der Waals surface area contributed by atoms with Gasteiger partial charge in [0.2, 0.25) is 0 Å². The maximum absolute atomic E-state index is 13.6. The van der Waals surface area contributed by atoms with Gasteiger partial charge in [-0.1, -0.05) is 6.07 Å². The number of carbonyl (C=O) groups excluding carboxylic acids is 1. The minimum absolute atomic E-state index is 0.0492. The Morgan fingerprint density at radius 2 is 1.28 bits per heavy atom. The van der Waals surface area contributed by atoms with E-state index in [1.54, 1.807) is 38.1 Å². The number of urea groups is 1. The van der Waals surface area contributed by atoms with Crippen LogP contribution in [-0.4, -0.2) is 104 Å². The number of allylic oxidation sites excluding steroid dienone is 2. The summed E-state index contributed by atoms with van der Waals surface area (Å²) in [6, 6.07) is 15.3. The molecule has 25 nitrogen and oxygen atoms in total. The summed E-state index contributed by atoms with van der Waals surface area (Å²) < 4.78 is 151. The van der Waals surface area contributed by atoms with Crippen molar-refractivity contribution in [3.05, 3.63) is 107 Å². The Bertz CT molecular complexity index is 3660. The van der Waals surface area contributed by atoms with E-state index in [1.807, 2.05) is 18.7 Å². The van der Waals surface area contributed by atoms with Crippen molar-refractivity contribution >= 4 is 97.1 Å². The molecule has 1 aliphatic carbocycles. The number of nitrogens with zero attached hydrogens (tertiary/aromatic N) is 7. The minimum Gasteiger partial charge on any atom is -0.494 e. The molecule has 29 heteroatoms. The predicted octanol–water partition coefficient (Wildman–Crippen LogP) is 9.82. The lowest BCUT2D eigenvalue weighted by molar-refractivity contribution is 0.128. The molecule has 400 valence electrons. The summed E-state index contributed by atoms with van der Waals surface area (Å²) in [5, 5.41) is 30.9. The predicted molar refractivity (Wildman–Crippen MR) is 276 cm³/mol. The molecule has 1 atom stereocenters. The van der Waals surface area contributed by atoms with E-state index < -0.39 is 73.0 Å². The fourth-order valence-electron chi connectivity index (χ4n) is 7.41. The average molecular weight is 1110 g/mol. The Hall–Kier alpha value is -7.09. The molecule has 0 fully saturated rings. The van der Waals surface area contributed by atoms with Crippen LogP contribution >= 0.6 is 0 Å². The van der Waals surface area contributed by atoms with Crippen LogP contribution in [0.5, 0.6) is 11.5 Å². The van der Waals surface area contributed by atoms with Crippen LogP contribution in [0.3, 0.4) is 0 Å². The first kappa shape index (κ1) is 57.2. The van der Waals surface area contributed by atoms with E-state index in [9.17, 15) is 56.7 Å². The zero-order valence-electron chi connectivity index (χ0n) is 40.9. The van der Waals surface area contributed by atoms with Crippen LogP contribution in [-0.2, 0) is 45.2 Å². The topological polar surface area (TPSA) is 364 Å². The number of methoxy groups -OCH3 is 2. The number of ether oxygens (including phenoxy) is 3. The second kappa shape index (κ2) is 23.6. The summed E-state index contributed by atoms with van der Waals surface area (Å²) in [5.41, 5.74) is 3.18. The van der Waals surface area contributed by atoms with Crippen molar-refractivity contribution in [2.45, 2.75) is 61.3 Å². The zero-order valence-corrected chi connectivity index (χ0v) is 44.1. The number of aryl methyl sites for hydroxylation is 2. The van der Waals surface area contributed by atoms with Gasteiger partial charge in [-0.15, -0.1) is 5.11 Å². The van der Waals surface area contributed by atoms with Crippen molar-refractivity contribution in [1.82, 2.24) is 0 Å². The van der Waals surface area contributed by atoms with E-state index in [2.05, 4.69) is 41.3 Å². The molecule has 0 saturated heterocycles. The number of nitrogens with one attached hydrogen (secondary N) is 2. The average Bonchev–Trinajstić information content (AvgIpc) is 3.33. The molecule has 5 aromatic carbocycles. The van der Waals surface area contributed by atoms with E-state index in [4.69, 9.17) is 14.2 Å². The van der Waals surface area contributed by atoms with Gasteiger partial charge in [0.15, 0.2) is 0 Å². The van der Waals surface area contributed by atoms with Gasteiger partial charge in [-0.2, -0.15) is 59.2 Å². The number of rotatable bonds is 21. The first-order chi connectivity index (χ1) is 35.2. The molecule has 0 heterocycles. The molecular weight excluding hydrogens is 1060 g/mol. The molecule has 0 aromatic heterocycles. The number of fused-ring (bicyclic) bond motifs is 1. The number of azo groups is 3. The first-order valence-electron chi connectivity index (χ1n) is 22.3. The van der Waals surface area contributed by atoms with Crippen LogP contribution in [0.25, 0.3) is 10.8 Å². The first-order valence-corrected chi connectivity index (χ1v) is 28.2. The summed E-state index contributed by atoms with van der Waals surface area (Å²) in [7, 11) is -16.0. The minimum atomic E-state index is -4.94. The van der Waals surface area contributed by atoms with Crippen molar-refractivity contribution in [1.29, 1.82) is 0 Å². The Morgan fingerprint density at radius 1 is 0.667 bits per heavy atom. The zero-order chi connectivity index (χ0) is 55.0. The summed E-state index contributed by atoms with van der Waals surface area (Å²) in [5.74, 6) is -0.412. The standard InChI is InChI=1S/C46H51N9O16S4/c1-7-55(8-2)32-13-15-36(45(23-32)75(66,67)68)52-54-37-25-42(70-6)39(18-27(37)3)47-46(56)48-40-19-28(4)38(26-43(40)71-16-9-17-72(57,58)59)53-51-35-14-12-31(22-41(35)69-5)50-49-30-11-10-29-20-33(73(60,61)62)24-44(34(29)21-30)74(63,64)65/h10-15,18-21,23-26,41H,7-9,16-17,22H2,1-6H3,(H2,47,48,56)(H,57,58,59)(H,60,61,62)(H,63,64,65)(H,66,67,68). The largest absolute Gasteiger partial charge is 0.494 e. The lowest BCUT2D eigenvalue weighted by Gasteiger charge is -2.21.